The average molecular weight is 360 g/mol. The monoisotopic (exact) mass is 360 g/mol. The van der Waals surface area contributed by atoms with Crippen molar-refractivity contribution in [1.29, 1.82) is 0 Å². The molecule has 1 aliphatic rings. The Balaban J connectivity index is 1.80. The lowest BCUT2D eigenvalue weighted by Gasteiger charge is -2.06. The van der Waals surface area contributed by atoms with Crippen LogP contribution in [-0.2, 0) is 16.6 Å². The predicted molar refractivity (Wildman–Crippen MR) is 77.9 cm³/mol. The largest absolute Gasteiger partial charge is 0.441 e. The lowest BCUT2D eigenvalue weighted by atomic mass is 10.3. The van der Waals surface area contributed by atoms with Gasteiger partial charge in [0.2, 0.25) is 10.0 Å². The molecule has 0 bridgehead atoms. The standard InChI is InChI=1S/C11H15F3N2O2S3/c12-11(13,14)20-4-3-16-21(17,18)10-5-8(7-19-10)6-15-9-1-2-9/h5,7,9,15-16H,1-4,6H2. The molecular formula is C11H15F3N2O2S3. The maximum absolute atomic E-state index is 11.9. The molecule has 2 N–H and O–H groups in total. The fraction of sp³-hybridized carbons (Fsp3) is 0.636. The molecule has 1 saturated carbocycles. The first-order valence-corrected chi connectivity index (χ1v) is 9.62. The van der Waals surface area contributed by atoms with E-state index >= 15 is 0 Å². The Labute approximate surface area is 129 Å². The molecule has 0 amide bonds. The number of halogens is 3. The van der Waals surface area contributed by atoms with Crippen LogP contribution in [0.2, 0.25) is 0 Å². The minimum Gasteiger partial charge on any atom is -0.310 e. The molecule has 0 unspecified atom stereocenters. The number of rotatable bonds is 8. The third-order valence-electron chi connectivity index (χ3n) is 2.73. The molecular weight excluding hydrogens is 345 g/mol. The number of alkyl halides is 3. The SMILES string of the molecule is O=S(=O)(NCCSC(F)(F)F)c1cc(CNC2CC2)cs1. The van der Waals surface area contributed by atoms with Crippen LogP contribution in [0.1, 0.15) is 18.4 Å². The van der Waals surface area contributed by atoms with Crippen LogP contribution in [-0.4, -0.2) is 32.3 Å². The smallest absolute Gasteiger partial charge is 0.310 e. The Morgan fingerprint density at radius 3 is 2.71 bits per heavy atom. The van der Waals surface area contributed by atoms with Crippen molar-refractivity contribution < 1.29 is 21.6 Å². The summed E-state index contributed by atoms with van der Waals surface area (Å²) < 4.78 is 61.9. The summed E-state index contributed by atoms with van der Waals surface area (Å²) in [6.07, 6.45) is 2.29. The van der Waals surface area contributed by atoms with Crippen LogP contribution >= 0.6 is 23.1 Å². The Morgan fingerprint density at radius 2 is 2.10 bits per heavy atom. The minimum absolute atomic E-state index is 0.132. The molecule has 1 heterocycles. The highest BCUT2D eigenvalue weighted by atomic mass is 32.2. The minimum atomic E-state index is -4.34. The molecule has 0 spiro atoms. The number of thiophene rings is 1. The van der Waals surface area contributed by atoms with Gasteiger partial charge in [-0.1, -0.05) is 0 Å². The summed E-state index contributed by atoms with van der Waals surface area (Å²) in [5.41, 5.74) is -3.47. The van der Waals surface area contributed by atoms with Gasteiger partial charge in [-0.2, -0.15) is 13.2 Å². The van der Waals surface area contributed by atoms with Crippen molar-refractivity contribution in [1.82, 2.24) is 10.0 Å². The number of hydrogen-bond acceptors (Lipinski definition) is 5. The van der Waals surface area contributed by atoms with Gasteiger partial charge >= 0.3 is 5.51 Å². The first-order chi connectivity index (χ1) is 9.76. The topological polar surface area (TPSA) is 58.2 Å². The van der Waals surface area contributed by atoms with Gasteiger partial charge in [-0.05, 0) is 41.6 Å². The normalized spacial score (nSPS) is 16.3. The fourth-order valence-electron chi connectivity index (χ4n) is 1.55. The van der Waals surface area contributed by atoms with Gasteiger partial charge in [0.1, 0.15) is 4.21 Å². The highest BCUT2D eigenvalue weighted by Crippen LogP contribution is 2.29. The quantitative estimate of drug-likeness (QED) is 0.700. The molecule has 0 radical (unpaired) electrons. The van der Waals surface area contributed by atoms with E-state index in [1.165, 1.54) is 0 Å². The zero-order chi connectivity index (χ0) is 15.5. The first kappa shape index (κ1) is 17.1. The summed E-state index contributed by atoms with van der Waals surface area (Å²) in [6.45, 7) is 0.362. The maximum Gasteiger partial charge on any atom is 0.441 e. The van der Waals surface area contributed by atoms with Crippen LogP contribution in [0, 0.1) is 0 Å². The van der Waals surface area contributed by atoms with Crippen molar-refractivity contribution in [3.05, 3.63) is 17.0 Å². The second-order valence-electron chi connectivity index (χ2n) is 4.62. The number of thioether (sulfide) groups is 1. The summed E-state index contributed by atoms with van der Waals surface area (Å²) in [6, 6.07) is 2.08. The van der Waals surface area contributed by atoms with Crippen molar-refractivity contribution >= 4 is 33.1 Å². The molecule has 4 nitrogen and oxygen atoms in total. The average Bonchev–Trinajstić information content (AvgIpc) is 3.07. The van der Waals surface area contributed by atoms with Crippen molar-refractivity contribution in [2.45, 2.75) is 35.1 Å². The van der Waals surface area contributed by atoms with Gasteiger partial charge in [0.15, 0.2) is 0 Å². The van der Waals surface area contributed by atoms with Crippen LogP contribution in [0.4, 0.5) is 13.2 Å². The number of nitrogens with one attached hydrogen (secondary N) is 2. The van der Waals surface area contributed by atoms with E-state index in [0.29, 0.717) is 12.6 Å². The van der Waals surface area contributed by atoms with Gasteiger partial charge in [0.25, 0.3) is 0 Å². The van der Waals surface area contributed by atoms with Crippen LogP contribution in [0.15, 0.2) is 15.7 Å². The van der Waals surface area contributed by atoms with Gasteiger partial charge in [0.05, 0.1) is 0 Å². The van der Waals surface area contributed by atoms with E-state index in [0.717, 1.165) is 29.7 Å². The molecule has 2 rings (SSSR count). The zero-order valence-electron chi connectivity index (χ0n) is 10.9. The third kappa shape index (κ3) is 6.15. The van der Waals surface area contributed by atoms with E-state index in [4.69, 9.17) is 0 Å². The van der Waals surface area contributed by atoms with E-state index < -0.39 is 15.5 Å². The first-order valence-electron chi connectivity index (χ1n) is 6.27. The van der Waals surface area contributed by atoms with Crippen LogP contribution in [0.3, 0.4) is 0 Å². The molecule has 0 saturated heterocycles. The molecule has 0 aromatic carbocycles. The van der Waals surface area contributed by atoms with Gasteiger partial charge in [-0.3, -0.25) is 0 Å². The van der Waals surface area contributed by atoms with Crippen molar-refractivity contribution in [2.75, 3.05) is 12.3 Å². The second-order valence-corrected chi connectivity index (χ2v) is 8.69. The lowest BCUT2D eigenvalue weighted by molar-refractivity contribution is -0.0327. The van der Waals surface area contributed by atoms with E-state index in [-0.39, 0.29) is 28.3 Å². The lowest BCUT2D eigenvalue weighted by Crippen LogP contribution is -2.26. The van der Waals surface area contributed by atoms with Crippen molar-refractivity contribution in [3.63, 3.8) is 0 Å². The molecule has 1 aromatic rings. The second kappa shape index (κ2) is 6.86. The van der Waals surface area contributed by atoms with E-state index in [2.05, 4.69) is 10.0 Å². The Kier molecular flexibility index (Phi) is 5.58. The number of hydrogen-bond donors (Lipinski definition) is 2. The highest BCUT2D eigenvalue weighted by molar-refractivity contribution is 8.00. The van der Waals surface area contributed by atoms with E-state index in [9.17, 15) is 21.6 Å². The Bertz CT molecular complexity index is 568. The maximum atomic E-state index is 11.9. The number of sulfonamides is 1. The molecule has 10 heteroatoms. The van der Waals surface area contributed by atoms with E-state index in [1.54, 1.807) is 11.4 Å². The van der Waals surface area contributed by atoms with Gasteiger partial charge in [0, 0.05) is 24.9 Å². The zero-order valence-corrected chi connectivity index (χ0v) is 13.4. The van der Waals surface area contributed by atoms with Gasteiger partial charge in [-0.25, -0.2) is 13.1 Å². The van der Waals surface area contributed by atoms with Crippen LogP contribution in [0.25, 0.3) is 0 Å². The summed E-state index contributed by atoms with van der Waals surface area (Å²) >= 11 is 0.832. The fourth-order valence-corrected chi connectivity index (χ4v) is 4.40. The predicted octanol–water partition coefficient (Wildman–Crippen LogP) is 2.53. The van der Waals surface area contributed by atoms with Crippen LogP contribution in [0.5, 0.6) is 0 Å². The highest BCUT2D eigenvalue weighted by Gasteiger charge is 2.28. The van der Waals surface area contributed by atoms with E-state index in [1.807, 2.05) is 0 Å². The molecule has 1 aliphatic carbocycles. The van der Waals surface area contributed by atoms with Crippen molar-refractivity contribution in [2.24, 2.45) is 0 Å². The molecule has 0 aliphatic heterocycles. The summed E-state index contributed by atoms with van der Waals surface area (Å²) in [5, 5.41) is 5.01. The summed E-state index contributed by atoms with van der Waals surface area (Å²) in [7, 11) is -3.72. The molecule has 120 valence electrons. The van der Waals surface area contributed by atoms with Crippen molar-refractivity contribution in [3.8, 4) is 0 Å². The van der Waals surface area contributed by atoms with Gasteiger partial charge < -0.3 is 5.32 Å². The molecule has 1 fully saturated rings. The Morgan fingerprint density at radius 1 is 1.38 bits per heavy atom. The molecule has 0 atom stereocenters. The van der Waals surface area contributed by atoms with Gasteiger partial charge in [-0.15, -0.1) is 11.3 Å². The third-order valence-corrected chi connectivity index (χ3v) is 6.41. The Hall–Kier alpha value is -0.290. The molecule has 1 aromatic heterocycles. The molecule has 21 heavy (non-hydrogen) atoms. The summed E-state index contributed by atoms with van der Waals surface area (Å²) in [5.74, 6) is -0.343. The summed E-state index contributed by atoms with van der Waals surface area (Å²) in [4.78, 5) is 0. The van der Waals surface area contributed by atoms with Crippen LogP contribution < -0.4 is 10.0 Å².